The number of nitrogens with one attached hydrogen (secondary N) is 2. The lowest BCUT2D eigenvalue weighted by Crippen LogP contribution is -2.35. The SMILES string of the molecule is CCCCc1nc(Cl)c([C@@H](Cc2ccc(-c3ccccc3)c(-c3nn[nH]n3)c2)OC(=O)[C@@H](C)N(C)C)[nH]1. The lowest BCUT2D eigenvalue weighted by atomic mass is 9.95. The molecule has 0 fully saturated rings. The first kappa shape index (κ1) is 26.5. The lowest BCUT2D eigenvalue weighted by Gasteiger charge is -2.23. The minimum Gasteiger partial charge on any atom is -0.454 e. The number of nitrogens with zero attached hydrogens (tertiary/aromatic N) is 5. The van der Waals surface area contributed by atoms with Crippen LogP contribution in [0.2, 0.25) is 5.15 Å². The summed E-state index contributed by atoms with van der Waals surface area (Å²) in [7, 11) is 3.68. The number of carbonyl (C=O) groups excluding carboxylic acids is 1. The number of ether oxygens (including phenoxy) is 1. The van der Waals surface area contributed by atoms with Gasteiger partial charge in [0.05, 0.1) is 5.69 Å². The Morgan fingerprint density at radius 2 is 1.92 bits per heavy atom. The number of aryl methyl sites for hydroxylation is 1. The highest BCUT2D eigenvalue weighted by molar-refractivity contribution is 6.30. The number of hydrogen-bond donors (Lipinski definition) is 2. The number of likely N-dealkylation sites (N-methyl/N-ethyl adjacent to an activating group) is 1. The van der Waals surface area contributed by atoms with E-state index in [4.69, 9.17) is 16.3 Å². The van der Waals surface area contributed by atoms with Gasteiger partial charge in [0.15, 0.2) is 5.15 Å². The van der Waals surface area contributed by atoms with Gasteiger partial charge in [0.25, 0.3) is 0 Å². The molecule has 10 heteroatoms. The number of benzene rings is 2. The summed E-state index contributed by atoms with van der Waals surface area (Å²) in [6, 6.07) is 15.7. The molecule has 0 aliphatic carbocycles. The summed E-state index contributed by atoms with van der Waals surface area (Å²) in [5.74, 6) is 0.933. The van der Waals surface area contributed by atoms with Crippen molar-refractivity contribution in [1.29, 1.82) is 0 Å². The maximum absolute atomic E-state index is 13.0. The van der Waals surface area contributed by atoms with Crippen LogP contribution in [0.25, 0.3) is 22.5 Å². The smallest absolute Gasteiger partial charge is 0.323 e. The number of esters is 1. The van der Waals surface area contributed by atoms with E-state index >= 15 is 0 Å². The zero-order valence-electron chi connectivity index (χ0n) is 21.5. The summed E-state index contributed by atoms with van der Waals surface area (Å²) < 4.78 is 6.02. The molecule has 2 aromatic carbocycles. The highest BCUT2D eigenvalue weighted by atomic mass is 35.5. The molecule has 0 amide bonds. The van der Waals surface area contributed by atoms with Crippen LogP contribution in [-0.2, 0) is 22.4 Å². The molecular weight excluding hydrogens is 490 g/mol. The van der Waals surface area contributed by atoms with Gasteiger partial charge in [-0.05, 0) is 55.4 Å². The first-order valence-electron chi connectivity index (χ1n) is 12.4. The van der Waals surface area contributed by atoms with Crippen molar-refractivity contribution in [3.63, 3.8) is 0 Å². The number of hydrogen-bond acceptors (Lipinski definition) is 7. The third kappa shape index (κ3) is 6.42. The van der Waals surface area contributed by atoms with Crippen LogP contribution in [0.15, 0.2) is 48.5 Å². The molecule has 2 heterocycles. The molecule has 0 saturated heterocycles. The van der Waals surface area contributed by atoms with Gasteiger partial charge in [0.2, 0.25) is 5.82 Å². The predicted octanol–water partition coefficient (Wildman–Crippen LogP) is 5.03. The van der Waals surface area contributed by atoms with Gasteiger partial charge in [0, 0.05) is 18.4 Å². The van der Waals surface area contributed by atoms with Crippen LogP contribution in [0.5, 0.6) is 0 Å². The van der Waals surface area contributed by atoms with Gasteiger partial charge in [-0.15, -0.1) is 10.2 Å². The second-order valence-electron chi connectivity index (χ2n) is 9.24. The molecule has 0 spiro atoms. The Morgan fingerprint density at radius 1 is 1.14 bits per heavy atom. The molecule has 9 nitrogen and oxygen atoms in total. The van der Waals surface area contributed by atoms with Gasteiger partial charge >= 0.3 is 5.97 Å². The maximum atomic E-state index is 13.0. The second kappa shape index (κ2) is 12.1. The second-order valence-corrected chi connectivity index (χ2v) is 9.60. The number of tetrazole rings is 1. The maximum Gasteiger partial charge on any atom is 0.323 e. The number of unbranched alkanes of at least 4 members (excludes halogenated alkanes) is 1. The molecule has 37 heavy (non-hydrogen) atoms. The summed E-state index contributed by atoms with van der Waals surface area (Å²) in [5, 5.41) is 15.0. The molecule has 0 aliphatic heterocycles. The molecule has 0 saturated carbocycles. The van der Waals surface area contributed by atoms with E-state index in [2.05, 4.69) is 37.5 Å². The predicted molar refractivity (Wildman–Crippen MR) is 143 cm³/mol. The van der Waals surface area contributed by atoms with E-state index in [1.165, 1.54) is 0 Å². The van der Waals surface area contributed by atoms with Crippen molar-refractivity contribution in [2.24, 2.45) is 0 Å². The van der Waals surface area contributed by atoms with Crippen LogP contribution in [0.1, 0.15) is 49.9 Å². The molecule has 194 valence electrons. The number of H-pyrrole nitrogens is 2. The fourth-order valence-electron chi connectivity index (χ4n) is 4.00. The molecular formula is C27H32ClN7O2. The molecule has 4 rings (SSSR count). The summed E-state index contributed by atoms with van der Waals surface area (Å²) in [4.78, 5) is 22.6. The van der Waals surface area contributed by atoms with E-state index in [1.54, 1.807) is 0 Å². The number of imidazole rings is 1. The molecule has 0 aliphatic rings. The monoisotopic (exact) mass is 521 g/mol. The zero-order valence-corrected chi connectivity index (χ0v) is 22.3. The standard InChI is InChI=1S/C27H32ClN7O2/c1-5-6-12-23-29-24(25(28)30-23)22(37-27(36)17(2)35(3)4)16-18-13-14-20(19-10-8-7-9-11-19)21(15-18)26-31-33-34-32-26/h7-11,13-15,17,22H,5-6,12,16H2,1-4H3,(H,29,30)(H,31,32,33,34)/t17-,22-/m1/s1. The van der Waals surface area contributed by atoms with E-state index in [0.717, 1.165) is 47.3 Å². The molecule has 0 unspecified atom stereocenters. The Hall–Kier alpha value is -3.56. The minimum atomic E-state index is -0.647. The van der Waals surface area contributed by atoms with Crippen molar-refractivity contribution in [2.45, 2.75) is 51.7 Å². The van der Waals surface area contributed by atoms with Crippen LogP contribution in [0.3, 0.4) is 0 Å². The van der Waals surface area contributed by atoms with Crippen molar-refractivity contribution in [3.05, 3.63) is 70.8 Å². The molecule has 2 aromatic heterocycles. The van der Waals surface area contributed by atoms with Crippen LogP contribution in [0.4, 0.5) is 0 Å². The number of aromatic nitrogens is 6. The topological polar surface area (TPSA) is 113 Å². The van der Waals surface area contributed by atoms with E-state index in [0.29, 0.717) is 23.1 Å². The first-order valence-corrected chi connectivity index (χ1v) is 12.8. The zero-order chi connectivity index (χ0) is 26.4. The van der Waals surface area contributed by atoms with E-state index in [-0.39, 0.29) is 5.97 Å². The van der Waals surface area contributed by atoms with Crippen molar-refractivity contribution < 1.29 is 9.53 Å². The summed E-state index contributed by atoms with van der Waals surface area (Å²) in [6.07, 6.45) is 2.55. The van der Waals surface area contributed by atoms with Gasteiger partial charge in [-0.2, -0.15) is 5.21 Å². The number of aromatic amines is 2. The van der Waals surface area contributed by atoms with E-state index in [1.807, 2.05) is 74.4 Å². The Morgan fingerprint density at radius 3 is 2.59 bits per heavy atom. The summed E-state index contributed by atoms with van der Waals surface area (Å²) in [6.45, 7) is 3.93. The highest BCUT2D eigenvalue weighted by Gasteiger charge is 2.27. The van der Waals surface area contributed by atoms with Gasteiger partial charge in [-0.3, -0.25) is 9.69 Å². The molecule has 0 bridgehead atoms. The summed E-state index contributed by atoms with van der Waals surface area (Å²) >= 11 is 6.55. The molecule has 0 radical (unpaired) electrons. The molecule has 4 aromatic rings. The summed E-state index contributed by atoms with van der Waals surface area (Å²) in [5.41, 5.74) is 4.36. The molecule has 2 atom stereocenters. The lowest BCUT2D eigenvalue weighted by molar-refractivity contribution is -0.154. The Labute approximate surface area is 221 Å². The van der Waals surface area contributed by atoms with Crippen molar-refractivity contribution >= 4 is 17.6 Å². The van der Waals surface area contributed by atoms with Crippen molar-refractivity contribution in [3.8, 4) is 22.5 Å². The normalized spacial score (nSPS) is 13.0. The van der Waals surface area contributed by atoms with Crippen LogP contribution >= 0.6 is 11.6 Å². The fraction of sp³-hybridized carbons (Fsp3) is 0.370. The van der Waals surface area contributed by atoms with Gasteiger partial charge in [0.1, 0.15) is 18.0 Å². The van der Waals surface area contributed by atoms with Crippen molar-refractivity contribution in [1.82, 2.24) is 35.5 Å². The van der Waals surface area contributed by atoms with Gasteiger partial charge < -0.3 is 9.72 Å². The number of carbonyl (C=O) groups is 1. The van der Waals surface area contributed by atoms with Crippen LogP contribution < -0.4 is 0 Å². The fourth-order valence-corrected chi connectivity index (χ4v) is 4.28. The number of rotatable bonds is 11. The quantitative estimate of drug-likeness (QED) is 0.266. The minimum absolute atomic E-state index is 0.320. The Balaban J connectivity index is 1.71. The van der Waals surface area contributed by atoms with E-state index in [9.17, 15) is 4.79 Å². The van der Waals surface area contributed by atoms with Gasteiger partial charge in [-0.25, -0.2) is 4.98 Å². The highest BCUT2D eigenvalue weighted by Crippen LogP contribution is 2.34. The van der Waals surface area contributed by atoms with Crippen LogP contribution in [-0.4, -0.2) is 61.6 Å². The third-order valence-corrected chi connectivity index (χ3v) is 6.66. The van der Waals surface area contributed by atoms with Crippen molar-refractivity contribution in [2.75, 3.05) is 14.1 Å². The Bertz CT molecular complexity index is 1310. The first-order chi connectivity index (χ1) is 17.9. The van der Waals surface area contributed by atoms with Crippen LogP contribution in [0, 0.1) is 0 Å². The third-order valence-electron chi connectivity index (χ3n) is 6.37. The van der Waals surface area contributed by atoms with Gasteiger partial charge in [-0.1, -0.05) is 67.4 Å². The average Bonchev–Trinajstić information content (AvgIpc) is 3.57. The largest absolute Gasteiger partial charge is 0.454 e. The molecule has 2 N–H and O–H groups in total. The van der Waals surface area contributed by atoms with E-state index < -0.39 is 12.1 Å². The Kier molecular flexibility index (Phi) is 8.68. The average molecular weight is 522 g/mol. The number of halogens is 1.